The normalized spacial score (nSPS) is 28.6. The molecular formula is C13H21F. The molecule has 0 aliphatic heterocycles. The van der Waals surface area contributed by atoms with Crippen LogP contribution in [0, 0.1) is 0 Å². The first-order chi connectivity index (χ1) is 6.43. The Bertz CT molecular complexity index is 265. The van der Waals surface area contributed by atoms with Gasteiger partial charge in [-0.3, -0.25) is 0 Å². The summed E-state index contributed by atoms with van der Waals surface area (Å²) in [6.45, 7) is 7.84. The first-order valence-corrected chi connectivity index (χ1v) is 5.47. The fourth-order valence-electron chi connectivity index (χ4n) is 2.12. The van der Waals surface area contributed by atoms with Crippen LogP contribution in [0.25, 0.3) is 0 Å². The molecule has 0 saturated carbocycles. The van der Waals surface area contributed by atoms with Crippen molar-refractivity contribution >= 4 is 0 Å². The second-order valence-corrected chi connectivity index (χ2v) is 4.82. The Kier molecular flexibility index (Phi) is 3.52. The summed E-state index contributed by atoms with van der Waals surface area (Å²) >= 11 is 0. The van der Waals surface area contributed by atoms with Crippen LogP contribution < -0.4 is 0 Å². The zero-order valence-electron chi connectivity index (χ0n) is 9.78. The van der Waals surface area contributed by atoms with Gasteiger partial charge in [0.05, 0.1) is 0 Å². The highest BCUT2D eigenvalue weighted by Gasteiger charge is 2.29. The van der Waals surface area contributed by atoms with Gasteiger partial charge < -0.3 is 0 Å². The molecule has 0 heterocycles. The number of allylic oxidation sites excluding steroid dienone is 4. The maximum Gasteiger partial charge on any atom is 0.133 e. The number of rotatable bonds is 1. The molecule has 0 aromatic heterocycles. The molecule has 1 atom stereocenters. The summed E-state index contributed by atoms with van der Waals surface area (Å²) in [6, 6.07) is 0. The van der Waals surface area contributed by atoms with Crippen molar-refractivity contribution in [3.8, 4) is 0 Å². The molecule has 1 unspecified atom stereocenters. The lowest BCUT2D eigenvalue weighted by atomic mass is 9.90. The van der Waals surface area contributed by atoms with E-state index in [4.69, 9.17) is 0 Å². The topological polar surface area (TPSA) is 0 Å². The van der Waals surface area contributed by atoms with Gasteiger partial charge in [-0.05, 0) is 59.0 Å². The molecule has 0 aromatic carbocycles. The van der Waals surface area contributed by atoms with Crippen LogP contribution in [0.1, 0.15) is 53.4 Å². The Morgan fingerprint density at radius 3 is 2.57 bits per heavy atom. The first-order valence-electron chi connectivity index (χ1n) is 5.47. The minimum Gasteiger partial charge on any atom is -0.239 e. The summed E-state index contributed by atoms with van der Waals surface area (Å²) < 4.78 is 14.3. The van der Waals surface area contributed by atoms with Gasteiger partial charge in [0.2, 0.25) is 0 Å². The number of hydrogen-bond acceptors (Lipinski definition) is 0. The van der Waals surface area contributed by atoms with Gasteiger partial charge in [0.15, 0.2) is 0 Å². The van der Waals surface area contributed by atoms with Gasteiger partial charge in [-0.15, -0.1) is 0 Å². The van der Waals surface area contributed by atoms with Gasteiger partial charge >= 0.3 is 0 Å². The van der Waals surface area contributed by atoms with E-state index < -0.39 is 5.67 Å². The molecule has 0 bridgehead atoms. The Hall–Kier alpha value is -0.590. The molecule has 0 saturated heterocycles. The maximum atomic E-state index is 14.3. The molecule has 1 aliphatic rings. The second-order valence-electron chi connectivity index (χ2n) is 4.82. The minimum atomic E-state index is -1.11. The van der Waals surface area contributed by atoms with Crippen LogP contribution in [-0.4, -0.2) is 5.67 Å². The Morgan fingerprint density at radius 2 is 2.00 bits per heavy atom. The van der Waals surface area contributed by atoms with Gasteiger partial charge in [0, 0.05) is 0 Å². The summed E-state index contributed by atoms with van der Waals surface area (Å²) in [6.07, 6.45) is 5.87. The van der Waals surface area contributed by atoms with E-state index in [2.05, 4.69) is 6.92 Å². The molecule has 0 N–H and O–H groups in total. The summed E-state index contributed by atoms with van der Waals surface area (Å²) in [5, 5.41) is 0. The highest BCUT2D eigenvalue weighted by atomic mass is 19.1. The predicted molar refractivity (Wildman–Crippen MR) is 60.1 cm³/mol. The van der Waals surface area contributed by atoms with Crippen molar-refractivity contribution in [2.24, 2.45) is 0 Å². The lowest BCUT2D eigenvalue weighted by molar-refractivity contribution is 0.225. The van der Waals surface area contributed by atoms with Crippen LogP contribution in [0.5, 0.6) is 0 Å². The van der Waals surface area contributed by atoms with E-state index in [0.29, 0.717) is 6.42 Å². The lowest BCUT2D eigenvalue weighted by Gasteiger charge is -2.22. The number of halogens is 1. The van der Waals surface area contributed by atoms with E-state index in [1.165, 1.54) is 11.1 Å². The number of alkyl halides is 1. The summed E-state index contributed by atoms with van der Waals surface area (Å²) in [7, 11) is 0. The van der Waals surface area contributed by atoms with Crippen LogP contribution in [0.15, 0.2) is 22.8 Å². The monoisotopic (exact) mass is 196 g/mol. The molecule has 0 aromatic rings. The Morgan fingerprint density at radius 1 is 1.36 bits per heavy atom. The van der Waals surface area contributed by atoms with Crippen LogP contribution in [0.2, 0.25) is 0 Å². The zero-order valence-corrected chi connectivity index (χ0v) is 9.78. The van der Waals surface area contributed by atoms with Gasteiger partial charge in [-0.25, -0.2) is 4.39 Å². The van der Waals surface area contributed by atoms with E-state index in [0.717, 1.165) is 24.8 Å². The Labute approximate surface area is 86.9 Å². The third-order valence-electron chi connectivity index (χ3n) is 2.90. The molecule has 1 rings (SSSR count). The summed E-state index contributed by atoms with van der Waals surface area (Å²) in [5.74, 6) is 0. The molecule has 80 valence electrons. The summed E-state index contributed by atoms with van der Waals surface area (Å²) in [5.41, 5.74) is 2.23. The Balaban J connectivity index is 3.08. The standard InChI is InChI=1S/C13H21F/c1-10(2)9-12-11(3)7-5-6-8-13(12,4)14/h9H,5-8H2,1-4H3. The van der Waals surface area contributed by atoms with Gasteiger partial charge in [-0.2, -0.15) is 0 Å². The van der Waals surface area contributed by atoms with Crippen molar-refractivity contribution in [1.82, 2.24) is 0 Å². The molecular weight excluding hydrogens is 175 g/mol. The van der Waals surface area contributed by atoms with E-state index in [-0.39, 0.29) is 0 Å². The molecule has 0 fully saturated rings. The van der Waals surface area contributed by atoms with Gasteiger partial charge in [-0.1, -0.05) is 17.2 Å². The highest BCUT2D eigenvalue weighted by Crippen LogP contribution is 2.36. The van der Waals surface area contributed by atoms with Crippen LogP contribution in [-0.2, 0) is 0 Å². The van der Waals surface area contributed by atoms with Crippen LogP contribution in [0.4, 0.5) is 4.39 Å². The van der Waals surface area contributed by atoms with Gasteiger partial charge in [0.25, 0.3) is 0 Å². The predicted octanol–water partition coefficient (Wildman–Crippen LogP) is 4.57. The molecule has 0 amide bonds. The third kappa shape index (κ3) is 2.70. The van der Waals surface area contributed by atoms with E-state index in [9.17, 15) is 4.39 Å². The van der Waals surface area contributed by atoms with Crippen molar-refractivity contribution in [1.29, 1.82) is 0 Å². The van der Waals surface area contributed by atoms with Gasteiger partial charge in [0.1, 0.15) is 5.67 Å². The zero-order chi connectivity index (χ0) is 10.8. The van der Waals surface area contributed by atoms with Crippen LogP contribution in [0.3, 0.4) is 0 Å². The summed E-state index contributed by atoms with van der Waals surface area (Å²) in [4.78, 5) is 0. The quantitative estimate of drug-likeness (QED) is 0.576. The fraction of sp³-hybridized carbons (Fsp3) is 0.692. The average Bonchev–Trinajstić information content (AvgIpc) is 2.16. The SMILES string of the molecule is CC(C)=CC1=C(C)CCCCC1(C)F. The second kappa shape index (κ2) is 4.29. The number of hydrogen-bond donors (Lipinski definition) is 0. The molecule has 0 radical (unpaired) electrons. The van der Waals surface area contributed by atoms with E-state index >= 15 is 0 Å². The molecule has 0 nitrogen and oxygen atoms in total. The first kappa shape index (κ1) is 11.5. The maximum absolute atomic E-state index is 14.3. The fourth-order valence-corrected chi connectivity index (χ4v) is 2.12. The van der Waals surface area contributed by atoms with Crippen molar-refractivity contribution in [2.45, 2.75) is 59.0 Å². The lowest BCUT2D eigenvalue weighted by Crippen LogP contribution is -2.20. The van der Waals surface area contributed by atoms with Crippen molar-refractivity contribution in [3.63, 3.8) is 0 Å². The van der Waals surface area contributed by atoms with Crippen molar-refractivity contribution < 1.29 is 4.39 Å². The van der Waals surface area contributed by atoms with E-state index in [1.807, 2.05) is 19.9 Å². The van der Waals surface area contributed by atoms with E-state index in [1.54, 1.807) is 6.92 Å². The smallest absolute Gasteiger partial charge is 0.133 e. The van der Waals surface area contributed by atoms with Crippen molar-refractivity contribution in [2.75, 3.05) is 0 Å². The molecule has 1 aliphatic carbocycles. The average molecular weight is 196 g/mol. The molecule has 1 heteroatoms. The van der Waals surface area contributed by atoms with Crippen LogP contribution >= 0.6 is 0 Å². The molecule has 0 spiro atoms. The largest absolute Gasteiger partial charge is 0.239 e. The minimum absolute atomic E-state index is 0.670. The third-order valence-corrected chi connectivity index (χ3v) is 2.90. The highest BCUT2D eigenvalue weighted by molar-refractivity contribution is 5.35. The molecule has 14 heavy (non-hydrogen) atoms. The van der Waals surface area contributed by atoms with Crippen molar-refractivity contribution in [3.05, 3.63) is 22.8 Å².